The maximum atomic E-state index is 13.7. The summed E-state index contributed by atoms with van der Waals surface area (Å²) in [6.07, 6.45) is 1.22. The van der Waals surface area contributed by atoms with Crippen LogP contribution in [0.2, 0.25) is 0 Å². The van der Waals surface area contributed by atoms with Gasteiger partial charge < -0.3 is 20.5 Å². The largest absolute Gasteiger partial charge is 0.481 e. The molecule has 8 heteroatoms. The molecule has 212 valence electrons. The molecular weight excluding hydrogens is 518 g/mol. The number of nitrogens with one attached hydrogen (secondary N) is 2. The highest BCUT2D eigenvalue weighted by molar-refractivity contribution is 5.91. The lowest BCUT2D eigenvalue weighted by molar-refractivity contribution is -0.139. The number of carbonyl (C=O) groups excluding carboxylic acids is 2. The molecule has 3 aromatic rings. The Hall–Kier alpha value is -4.17. The zero-order valence-corrected chi connectivity index (χ0v) is 22.9. The molecule has 3 aliphatic rings. The molecule has 8 nitrogen and oxygen atoms in total. The molecule has 6 rings (SSSR count). The van der Waals surface area contributed by atoms with Crippen LogP contribution in [0.3, 0.4) is 0 Å². The molecule has 3 N–H and O–H groups in total. The molecule has 1 heterocycles. The van der Waals surface area contributed by atoms with Gasteiger partial charge in [0.15, 0.2) is 0 Å². The van der Waals surface area contributed by atoms with Crippen LogP contribution in [0.15, 0.2) is 78.9 Å². The van der Waals surface area contributed by atoms with Gasteiger partial charge in [-0.15, -0.1) is 0 Å². The summed E-state index contributed by atoms with van der Waals surface area (Å²) in [5, 5.41) is 15.1. The summed E-state index contributed by atoms with van der Waals surface area (Å²) in [5.74, 6) is -1.06. The Bertz CT molecular complexity index is 1390. The Morgan fingerprint density at radius 2 is 1.54 bits per heavy atom. The normalized spacial score (nSPS) is 23.2. The number of nitrogens with zero attached hydrogens (tertiary/aromatic N) is 1. The number of carboxylic acid groups (broad SMARTS) is 1. The van der Waals surface area contributed by atoms with Gasteiger partial charge >= 0.3 is 12.1 Å². The van der Waals surface area contributed by atoms with Gasteiger partial charge in [-0.1, -0.05) is 78.9 Å². The third-order valence-corrected chi connectivity index (χ3v) is 8.75. The molecule has 1 unspecified atom stereocenters. The van der Waals surface area contributed by atoms with Gasteiger partial charge in [-0.3, -0.25) is 14.5 Å². The first-order valence-corrected chi connectivity index (χ1v) is 14.3. The van der Waals surface area contributed by atoms with E-state index in [-0.39, 0.29) is 36.8 Å². The van der Waals surface area contributed by atoms with Crippen molar-refractivity contribution in [2.24, 2.45) is 5.92 Å². The molecule has 0 bridgehead atoms. The number of alkyl carbamates (subject to hydrolysis) is 1. The lowest BCUT2D eigenvalue weighted by atomic mass is 9.78. The summed E-state index contributed by atoms with van der Waals surface area (Å²) in [4.78, 5) is 40.2. The number of carbonyl (C=O) groups is 3. The Morgan fingerprint density at radius 3 is 2.20 bits per heavy atom. The molecule has 3 aromatic carbocycles. The van der Waals surface area contributed by atoms with Crippen molar-refractivity contribution in [2.45, 2.75) is 49.7 Å². The van der Waals surface area contributed by atoms with Gasteiger partial charge in [0.25, 0.3) is 0 Å². The second-order valence-electron chi connectivity index (χ2n) is 11.6. The van der Waals surface area contributed by atoms with Crippen molar-refractivity contribution in [3.8, 4) is 11.1 Å². The van der Waals surface area contributed by atoms with E-state index >= 15 is 0 Å². The summed E-state index contributed by atoms with van der Waals surface area (Å²) < 4.78 is 5.82. The van der Waals surface area contributed by atoms with Crippen molar-refractivity contribution in [3.05, 3.63) is 95.6 Å². The third-order valence-electron chi connectivity index (χ3n) is 8.75. The van der Waals surface area contributed by atoms with E-state index in [1.54, 1.807) is 0 Å². The smallest absolute Gasteiger partial charge is 0.408 e. The number of aliphatic carboxylic acids is 1. The number of ether oxygens (including phenoxy) is 1. The molecule has 1 saturated carbocycles. The van der Waals surface area contributed by atoms with Crippen LogP contribution in [0.25, 0.3) is 11.1 Å². The van der Waals surface area contributed by atoms with Crippen LogP contribution in [0.5, 0.6) is 0 Å². The number of benzene rings is 3. The molecule has 1 saturated heterocycles. The van der Waals surface area contributed by atoms with Gasteiger partial charge in [-0.25, -0.2) is 4.79 Å². The van der Waals surface area contributed by atoms with Crippen LogP contribution in [0.4, 0.5) is 4.79 Å². The Kier molecular flexibility index (Phi) is 7.49. The van der Waals surface area contributed by atoms with E-state index in [0.717, 1.165) is 27.8 Å². The van der Waals surface area contributed by atoms with Crippen LogP contribution >= 0.6 is 0 Å². The molecule has 41 heavy (non-hydrogen) atoms. The first-order chi connectivity index (χ1) is 19.9. The van der Waals surface area contributed by atoms with E-state index in [0.29, 0.717) is 38.9 Å². The minimum absolute atomic E-state index is 0.0713. The van der Waals surface area contributed by atoms with Gasteiger partial charge in [-0.05, 0) is 53.0 Å². The van der Waals surface area contributed by atoms with E-state index in [1.807, 2.05) is 42.5 Å². The van der Waals surface area contributed by atoms with Crippen molar-refractivity contribution in [1.29, 1.82) is 0 Å². The van der Waals surface area contributed by atoms with Crippen LogP contribution < -0.4 is 10.6 Å². The van der Waals surface area contributed by atoms with E-state index in [1.165, 1.54) is 0 Å². The van der Waals surface area contributed by atoms with E-state index < -0.39 is 17.6 Å². The second-order valence-corrected chi connectivity index (χ2v) is 11.6. The Labute approximate surface area is 239 Å². The molecule has 0 aromatic heterocycles. The van der Waals surface area contributed by atoms with Crippen molar-refractivity contribution in [1.82, 2.24) is 15.5 Å². The topological polar surface area (TPSA) is 108 Å². The molecule has 2 aliphatic carbocycles. The fourth-order valence-corrected chi connectivity index (χ4v) is 6.63. The summed E-state index contributed by atoms with van der Waals surface area (Å²) in [5.41, 5.74) is 4.58. The average molecular weight is 554 g/mol. The van der Waals surface area contributed by atoms with E-state index in [2.05, 4.69) is 51.9 Å². The number of hydrogen-bond donors (Lipinski definition) is 3. The van der Waals surface area contributed by atoms with Crippen LogP contribution in [0.1, 0.15) is 48.3 Å². The number of fused-ring (bicyclic) bond motifs is 3. The molecule has 2 amide bonds. The van der Waals surface area contributed by atoms with Crippen molar-refractivity contribution in [2.75, 3.05) is 19.7 Å². The van der Waals surface area contributed by atoms with Crippen LogP contribution in [-0.4, -0.2) is 59.3 Å². The number of carboxylic acids is 1. The van der Waals surface area contributed by atoms with Crippen molar-refractivity contribution >= 4 is 18.0 Å². The van der Waals surface area contributed by atoms with Gasteiger partial charge in [0.2, 0.25) is 5.91 Å². The molecule has 1 atom stereocenters. The quantitative estimate of drug-likeness (QED) is 0.359. The zero-order chi connectivity index (χ0) is 28.4. The minimum atomic E-state index is -1.13. The fourth-order valence-electron chi connectivity index (χ4n) is 6.63. The minimum Gasteiger partial charge on any atom is -0.481 e. The lowest BCUT2D eigenvalue weighted by Gasteiger charge is -2.38. The number of likely N-dealkylation sites (tertiary alicyclic amines) is 1. The number of rotatable bonds is 9. The van der Waals surface area contributed by atoms with Crippen molar-refractivity contribution < 1.29 is 24.2 Å². The molecule has 0 spiro atoms. The predicted octanol–water partition coefficient (Wildman–Crippen LogP) is 4.54. The maximum Gasteiger partial charge on any atom is 0.408 e. The van der Waals surface area contributed by atoms with Crippen molar-refractivity contribution in [3.63, 3.8) is 0 Å². The van der Waals surface area contributed by atoms with Crippen LogP contribution in [0, 0.1) is 5.92 Å². The highest BCUT2D eigenvalue weighted by Crippen LogP contribution is 2.44. The molecule has 1 aliphatic heterocycles. The number of hydrogen-bond acceptors (Lipinski definition) is 5. The Morgan fingerprint density at radius 1 is 0.902 bits per heavy atom. The zero-order valence-electron chi connectivity index (χ0n) is 22.9. The molecule has 0 radical (unpaired) electrons. The molecular formula is C33H35N3O5. The van der Waals surface area contributed by atoms with Crippen LogP contribution in [-0.2, 0) is 20.9 Å². The molecule has 2 fully saturated rings. The highest BCUT2D eigenvalue weighted by Gasteiger charge is 2.48. The van der Waals surface area contributed by atoms with E-state index in [9.17, 15) is 14.4 Å². The second kappa shape index (κ2) is 11.4. The van der Waals surface area contributed by atoms with Gasteiger partial charge in [0.1, 0.15) is 12.1 Å². The van der Waals surface area contributed by atoms with E-state index in [4.69, 9.17) is 9.84 Å². The third kappa shape index (κ3) is 5.70. The van der Waals surface area contributed by atoms with Gasteiger partial charge in [0, 0.05) is 38.0 Å². The fraction of sp³-hybridized carbons (Fsp3) is 0.364. The summed E-state index contributed by atoms with van der Waals surface area (Å²) in [6.45, 7) is 1.86. The monoisotopic (exact) mass is 553 g/mol. The first kappa shape index (κ1) is 27.0. The lowest BCUT2D eigenvalue weighted by Crippen LogP contribution is -2.63. The SMILES string of the molecule is O=C(O)CC1CC(NC(=O)C2(NC(=O)OCC3c4ccccc4-c4ccccc43)CCN(Cc3ccccc3)C2)C1. The first-order valence-electron chi connectivity index (χ1n) is 14.3. The summed E-state index contributed by atoms with van der Waals surface area (Å²) >= 11 is 0. The summed E-state index contributed by atoms with van der Waals surface area (Å²) in [7, 11) is 0. The maximum absolute atomic E-state index is 13.7. The Balaban J connectivity index is 1.14. The predicted molar refractivity (Wildman–Crippen MR) is 154 cm³/mol. The summed E-state index contributed by atoms with van der Waals surface area (Å²) in [6, 6.07) is 26.3. The standard InChI is InChI=1S/C33H35N3O5/c37-30(38)18-23-16-24(17-23)34-31(39)33(14-15-36(21-33)19-22-8-2-1-3-9-22)35-32(40)41-20-29-27-12-6-4-10-25(27)26-11-5-7-13-28(26)29/h1-13,23-24,29H,14-21H2,(H,34,39)(H,35,40)(H,37,38). The highest BCUT2D eigenvalue weighted by atomic mass is 16.5. The van der Waals surface area contributed by atoms with Gasteiger partial charge in [-0.2, -0.15) is 0 Å². The number of amides is 2. The average Bonchev–Trinajstić information content (AvgIpc) is 3.50. The van der Waals surface area contributed by atoms with Gasteiger partial charge in [0.05, 0.1) is 0 Å².